The van der Waals surface area contributed by atoms with Gasteiger partial charge in [-0.15, -0.1) is 0 Å². The summed E-state index contributed by atoms with van der Waals surface area (Å²) >= 11 is 0. The van der Waals surface area contributed by atoms with Gasteiger partial charge in [0, 0.05) is 37.7 Å². The predicted octanol–water partition coefficient (Wildman–Crippen LogP) is 4.81. The summed E-state index contributed by atoms with van der Waals surface area (Å²) in [6, 6.07) is 24.9. The molecule has 0 saturated carbocycles. The molecule has 0 aliphatic carbocycles. The van der Waals surface area contributed by atoms with Gasteiger partial charge in [-0.25, -0.2) is 0 Å². The van der Waals surface area contributed by atoms with Crippen molar-refractivity contribution in [3.05, 3.63) is 89.5 Å². The van der Waals surface area contributed by atoms with Gasteiger partial charge in [0.05, 0.1) is 20.3 Å². The van der Waals surface area contributed by atoms with E-state index in [1.807, 2.05) is 30.3 Å². The van der Waals surface area contributed by atoms with Crippen LogP contribution in [0.4, 0.5) is 0 Å². The summed E-state index contributed by atoms with van der Waals surface area (Å²) in [5.74, 6) is 2.25. The number of fused-ring (bicyclic) bond motifs is 1. The molecule has 5 rings (SSSR count). The molecule has 3 aromatic carbocycles. The molecule has 6 heteroatoms. The highest BCUT2D eigenvalue weighted by molar-refractivity contribution is 5.90. The summed E-state index contributed by atoms with van der Waals surface area (Å²) in [4.78, 5) is 2.52. The van der Waals surface area contributed by atoms with Crippen molar-refractivity contribution >= 4 is 5.71 Å². The maximum absolute atomic E-state index is 6.14. The molecule has 2 heterocycles. The average Bonchev–Trinajstić information content (AvgIpc) is 3.31. The summed E-state index contributed by atoms with van der Waals surface area (Å²) in [6.07, 6.45) is 0.980. The van der Waals surface area contributed by atoms with E-state index in [4.69, 9.17) is 19.3 Å². The first kappa shape index (κ1) is 22.3. The molecular weight excluding hydrogens is 426 g/mol. The van der Waals surface area contributed by atoms with E-state index < -0.39 is 0 Å². The minimum atomic E-state index is 0.0690. The lowest BCUT2D eigenvalue weighted by atomic mass is 9.86. The summed E-state index contributed by atoms with van der Waals surface area (Å²) in [5, 5.41) is 4.69. The summed E-state index contributed by atoms with van der Waals surface area (Å²) in [7, 11) is 3.33. The van der Waals surface area contributed by atoms with Crippen molar-refractivity contribution in [2.75, 3.05) is 27.3 Å². The van der Waals surface area contributed by atoms with Crippen LogP contribution in [0.1, 0.15) is 29.2 Å². The third-order valence-electron chi connectivity index (χ3n) is 6.63. The van der Waals surface area contributed by atoms with E-state index in [-0.39, 0.29) is 6.04 Å². The number of benzene rings is 3. The molecule has 2 unspecified atom stereocenters. The maximum Gasteiger partial charge on any atom is 0.203 e. The number of methoxy groups -OCH3 is 2. The fraction of sp³-hybridized carbons (Fsp3) is 0.321. The van der Waals surface area contributed by atoms with Crippen molar-refractivity contribution in [2.24, 2.45) is 11.0 Å². The quantitative estimate of drug-likeness (QED) is 0.526. The molecule has 0 spiro atoms. The Morgan fingerprint density at radius 1 is 0.912 bits per heavy atom. The van der Waals surface area contributed by atoms with Crippen LogP contribution >= 0.6 is 0 Å². The van der Waals surface area contributed by atoms with E-state index in [1.165, 1.54) is 11.3 Å². The van der Waals surface area contributed by atoms with Crippen molar-refractivity contribution in [1.29, 1.82) is 0 Å². The first-order valence-corrected chi connectivity index (χ1v) is 11.8. The molecule has 0 bridgehead atoms. The molecule has 2 aliphatic heterocycles. The fourth-order valence-electron chi connectivity index (χ4n) is 4.86. The van der Waals surface area contributed by atoms with Gasteiger partial charge in [0.25, 0.3) is 0 Å². The molecule has 3 aromatic rings. The van der Waals surface area contributed by atoms with Gasteiger partial charge in [-0.05, 0) is 28.8 Å². The zero-order valence-corrected chi connectivity index (χ0v) is 19.7. The van der Waals surface area contributed by atoms with E-state index in [1.54, 1.807) is 14.2 Å². The standard InChI is InChI=1S/C28H31N3O3/c1-32-25-15-22(16-26(33-2)28(25)34-19-21-11-7-4-8-12-21)27-23-18-31(14-13-24(23)29-30-27)17-20-9-5-3-6-10-20/h3-12,15-16,23,27,30H,13-14,17-19H2,1-2H3. The zero-order chi connectivity index (χ0) is 23.3. The second-order valence-electron chi connectivity index (χ2n) is 8.82. The number of hydrogen-bond acceptors (Lipinski definition) is 6. The second-order valence-corrected chi connectivity index (χ2v) is 8.82. The van der Waals surface area contributed by atoms with Crippen molar-refractivity contribution in [3.63, 3.8) is 0 Å². The third-order valence-corrected chi connectivity index (χ3v) is 6.63. The largest absolute Gasteiger partial charge is 0.493 e. The number of rotatable bonds is 8. The smallest absolute Gasteiger partial charge is 0.203 e. The highest BCUT2D eigenvalue weighted by atomic mass is 16.5. The maximum atomic E-state index is 6.14. The molecule has 1 saturated heterocycles. The van der Waals surface area contributed by atoms with E-state index in [0.717, 1.165) is 37.2 Å². The van der Waals surface area contributed by atoms with Crippen LogP contribution in [-0.2, 0) is 13.2 Å². The molecular formula is C28H31N3O3. The number of hydrazone groups is 1. The first-order chi connectivity index (χ1) is 16.7. The molecule has 0 radical (unpaired) electrons. The Labute approximate surface area is 201 Å². The molecule has 2 aliphatic rings. The average molecular weight is 458 g/mol. The van der Waals surface area contributed by atoms with Gasteiger partial charge in [-0.3, -0.25) is 4.90 Å². The van der Waals surface area contributed by atoms with Gasteiger partial charge in [0.2, 0.25) is 5.75 Å². The van der Waals surface area contributed by atoms with Crippen LogP contribution in [0, 0.1) is 5.92 Å². The molecule has 0 amide bonds. The number of nitrogens with one attached hydrogen (secondary N) is 1. The normalized spacial score (nSPS) is 19.6. The fourth-order valence-corrected chi connectivity index (χ4v) is 4.86. The molecule has 176 valence electrons. The number of hydrogen-bond donors (Lipinski definition) is 1. The second kappa shape index (κ2) is 10.2. The van der Waals surface area contributed by atoms with Gasteiger partial charge >= 0.3 is 0 Å². The van der Waals surface area contributed by atoms with Gasteiger partial charge in [0.1, 0.15) is 6.61 Å². The highest BCUT2D eigenvalue weighted by Crippen LogP contribution is 2.43. The Morgan fingerprint density at radius 3 is 2.21 bits per heavy atom. The van der Waals surface area contributed by atoms with Crippen molar-refractivity contribution in [2.45, 2.75) is 25.6 Å². The highest BCUT2D eigenvalue weighted by Gasteiger charge is 2.37. The van der Waals surface area contributed by atoms with Gasteiger partial charge in [-0.1, -0.05) is 60.7 Å². The van der Waals surface area contributed by atoms with Crippen LogP contribution in [0.3, 0.4) is 0 Å². The minimum absolute atomic E-state index is 0.0690. The lowest BCUT2D eigenvalue weighted by Gasteiger charge is -2.34. The number of ether oxygens (including phenoxy) is 3. The van der Waals surface area contributed by atoms with E-state index >= 15 is 0 Å². The van der Waals surface area contributed by atoms with E-state index in [9.17, 15) is 0 Å². The van der Waals surface area contributed by atoms with Crippen molar-refractivity contribution in [3.8, 4) is 17.2 Å². The molecule has 0 aromatic heterocycles. The summed E-state index contributed by atoms with van der Waals surface area (Å²) in [5.41, 5.74) is 8.16. The van der Waals surface area contributed by atoms with Gasteiger partial charge in [-0.2, -0.15) is 5.10 Å². The lowest BCUT2D eigenvalue weighted by molar-refractivity contribution is 0.219. The lowest BCUT2D eigenvalue weighted by Crippen LogP contribution is -2.41. The molecule has 1 fully saturated rings. The Balaban J connectivity index is 1.35. The Bertz CT molecular complexity index is 1110. The molecule has 6 nitrogen and oxygen atoms in total. The minimum Gasteiger partial charge on any atom is -0.493 e. The Hall–Kier alpha value is -3.51. The van der Waals surface area contributed by atoms with Crippen LogP contribution in [0.5, 0.6) is 17.2 Å². The number of likely N-dealkylation sites (tertiary alicyclic amines) is 1. The van der Waals surface area contributed by atoms with Crippen LogP contribution < -0.4 is 19.6 Å². The van der Waals surface area contributed by atoms with Gasteiger partial charge < -0.3 is 19.6 Å². The van der Waals surface area contributed by atoms with Crippen LogP contribution in [-0.4, -0.2) is 37.9 Å². The Kier molecular flexibility index (Phi) is 6.67. The summed E-state index contributed by atoms with van der Waals surface area (Å²) < 4.78 is 17.6. The number of piperidine rings is 1. The van der Waals surface area contributed by atoms with Crippen molar-refractivity contribution < 1.29 is 14.2 Å². The SMILES string of the molecule is COc1cc(C2NN=C3CCN(Cc4ccccc4)CC32)cc(OC)c1OCc1ccccc1. The van der Waals surface area contributed by atoms with E-state index in [0.29, 0.717) is 29.8 Å². The third kappa shape index (κ3) is 4.73. The number of nitrogens with zero attached hydrogens (tertiary/aromatic N) is 2. The summed E-state index contributed by atoms with van der Waals surface area (Å²) in [6.45, 7) is 3.38. The van der Waals surface area contributed by atoms with Crippen LogP contribution in [0.25, 0.3) is 0 Å². The monoisotopic (exact) mass is 457 g/mol. The Morgan fingerprint density at radius 2 is 1.56 bits per heavy atom. The topological polar surface area (TPSA) is 55.3 Å². The molecule has 2 atom stereocenters. The van der Waals surface area contributed by atoms with Crippen LogP contribution in [0.15, 0.2) is 77.9 Å². The molecule has 34 heavy (non-hydrogen) atoms. The molecule has 1 N–H and O–H groups in total. The zero-order valence-electron chi connectivity index (χ0n) is 19.7. The van der Waals surface area contributed by atoms with Crippen LogP contribution in [0.2, 0.25) is 0 Å². The van der Waals surface area contributed by atoms with Gasteiger partial charge in [0.15, 0.2) is 11.5 Å². The van der Waals surface area contributed by atoms with Crippen molar-refractivity contribution in [1.82, 2.24) is 10.3 Å². The first-order valence-electron chi connectivity index (χ1n) is 11.8. The van der Waals surface area contributed by atoms with E-state index in [2.05, 4.69) is 52.8 Å². The predicted molar refractivity (Wildman–Crippen MR) is 133 cm³/mol.